The molecule has 0 aliphatic rings. The van der Waals surface area contributed by atoms with E-state index in [1.54, 1.807) is 24.8 Å². The number of halogens is 1. The molecule has 0 radical (unpaired) electrons. The third kappa shape index (κ3) is 3.92. The summed E-state index contributed by atoms with van der Waals surface area (Å²) in [6.07, 6.45) is 0. The number of carbonyl (C=O) groups is 1. The number of carbonyl (C=O) groups excluding carboxylic acids is 1. The third-order valence-electron chi connectivity index (χ3n) is 4.43. The van der Waals surface area contributed by atoms with Gasteiger partial charge in [-0.05, 0) is 50.2 Å². The third-order valence-corrected chi connectivity index (χ3v) is 5.64. The molecule has 7 nitrogen and oxygen atoms in total. The summed E-state index contributed by atoms with van der Waals surface area (Å²) in [5, 5.41) is 8.11. The molecule has 9 heteroatoms. The number of anilines is 1. The van der Waals surface area contributed by atoms with E-state index in [2.05, 4.69) is 20.4 Å². The van der Waals surface area contributed by atoms with Crippen LogP contribution in [0.2, 0.25) is 5.02 Å². The summed E-state index contributed by atoms with van der Waals surface area (Å²) in [4.78, 5) is 22.5. The minimum absolute atomic E-state index is 0.0475. The van der Waals surface area contributed by atoms with E-state index < -0.39 is 5.91 Å². The summed E-state index contributed by atoms with van der Waals surface area (Å²) in [7, 11) is 1.62. The maximum atomic E-state index is 12.7. The Kier molecular flexibility index (Phi) is 5.52. The molecule has 0 spiro atoms. The summed E-state index contributed by atoms with van der Waals surface area (Å²) in [5.74, 6) is 0.948. The fourth-order valence-corrected chi connectivity index (χ4v) is 4.00. The summed E-state index contributed by atoms with van der Waals surface area (Å²) < 4.78 is 6.74. The van der Waals surface area contributed by atoms with E-state index in [0.29, 0.717) is 21.7 Å². The van der Waals surface area contributed by atoms with Crippen molar-refractivity contribution in [3.05, 3.63) is 70.1 Å². The Bertz CT molecular complexity index is 1220. The number of nitrogens with zero attached hydrogens (tertiary/aromatic N) is 4. The van der Waals surface area contributed by atoms with Crippen LogP contribution in [-0.4, -0.2) is 32.8 Å². The predicted octanol–water partition coefficient (Wildman–Crippen LogP) is 4.92. The van der Waals surface area contributed by atoms with Crippen molar-refractivity contribution >= 4 is 34.0 Å². The van der Waals surface area contributed by atoms with Gasteiger partial charge in [-0.15, -0.1) is 16.4 Å². The zero-order valence-electron chi connectivity index (χ0n) is 16.5. The molecule has 2 aromatic carbocycles. The Labute approximate surface area is 182 Å². The fourth-order valence-electron chi connectivity index (χ4n) is 2.96. The van der Waals surface area contributed by atoms with Gasteiger partial charge in [0.1, 0.15) is 11.6 Å². The maximum Gasteiger partial charge on any atom is 0.297 e. The Morgan fingerprint density at radius 2 is 1.83 bits per heavy atom. The van der Waals surface area contributed by atoms with Gasteiger partial charge in [0.05, 0.1) is 23.5 Å². The molecule has 4 rings (SSSR count). The van der Waals surface area contributed by atoms with Crippen molar-refractivity contribution in [3.8, 4) is 22.7 Å². The highest BCUT2D eigenvalue weighted by Gasteiger charge is 2.19. The van der Waals surface area contributed by atoms with E-state index in [9.17, 15) is 4.79 Å². The molecule has 0 aliphatic heterocycles. The fraction of sp³-hybridized carbons (Fsp3) is 0.143. The van der Waals surface area contributed by atoms with E-state index in [4.69, 9.17) is 16.3 Å². The van der Waals surface area contributed by atoms with Gasteiger partial charge < -0.3 is 4.74 Å². The molecule has 1 amide bonds. The molecule has 0 fully saturated rings. The molecule has 0 atom stereocenters. The minimum atomic E-state index is -0.432. The van der Waals surface area contributed by atoms with Crippen LogP contribution in [-0.2, 0) is 0 Å². The molecule has 0 saturated heterocycles. The zero-order valence-corrected chi connectivity index (χ0v) is 18.1. The number of hydrogen-bond acceptors (Lipinski definition) is 6. The smallest absolute Gasteiger partial charge is 0.297 e. The van der Waals surface area contributed by atoms with Gasteiger partial charge in [-0.3, -0.25) is 10.1 Å². The van der Waals surface area contributed by atoms with Crippen molar-refractivity contribution in [1.29, 1.82) is 0 Å². The Balaban J connectivity index is 1.56. The van der Waals surface area contributed by atoms with Crippen LogP contribution in [0.15, 0.2) is 48.5 Å². The highest BCUT2D eigenvalue weighted by molar-refractivity contribution is 7.16. The number of benzene rings is 2. The maximum absolute atomic E-state index is 12.7. The molecule has 0 aliphatic carbocycles. The van der Waals surface area contributed by atoms with Gasteiger partial charge in [0.2, 0.25) is 5.82 Å². The molecule has 0 saturated carbocycles. The zero-order chi connectivity index (χ0) is 21.3. The lowest BCUT2D eigenvalue weighted by molar-refractivity contribution is 0.101. The largest absolute Gasteiger partial charge is 0.497 e. The van der Waals surface area contributed by atoms with Gasteiger partial charge in [0, 0.05) is 10.4 Å². The molecule has 1 N–H and O–H groups in total. The van der Waals surface area contributed by atoms with E-state index in [1.807, 2.05) is 49.4 Å². The van der Waals surface area contributed by atoms with Crippen LogP contribution in [0.5, 0.6) is 5.75 Å². The van der Waals surface area contributed by atoms with Gasteiger partial charge in [0.15, 0.2) is 5.13 Å². The van der Waals surface area contributed by atoms with Crippen LogP contribution in [0.3, 0.4) is 0 Å². The summed E-state index contributed by atoms with van der Waals surface area (Å²) >= 11 is 7.64. The van der Waals surface area contributed by atoms with Crippen LogP contribution in [0.4, 0.5) is 5.13 Å². The van der Waals surface area contributed by atoms with Crippen LogP contribution in [0.1, 0.15) is 21.3 Å². The number of methoxy groups -OCH3 is 1. The van der Waals surface area contributed by atoms with Crippen LogP contribution in [0, 0.1) is 13.8 Å². The number of amides is 1. The first-order chi connectivity index (χ1) is 14.5. The molecule has 2 heterocycles. The first-order valence-electron chi connectivity index (χ1n) is 9.08. The Morgan fingerprint density at radius 3 is 2.53 bits per heavy atom. The molecule has 4 aromatic rings. The first kappa shape index (κ1) is 20.1. The van der Waals surface area contributed by atoms with Crippen molar-refractivity contribution in [2.75, 3.05) is 12.4 Å². The van der Waals surface area contributed by atoms with Crippen molar-refractivity contribution in [2.24, 2.45) is 0 Å². The molecular formula is C21H18ClN5O2S. The second-order valence-electron chi connectivity index (χ2n) is 6.45. The summed E-state index contributed by atoms with van der Waals surface area (Å²) in [6, 6.07) is 14.9. The lowest BCUT2D eigenvalue weighted by Crippen LogP contribution is -2.14. The highest BCUT2D eigenvalue weighted by atomic mass is 35.5. The van der Waals surface area contributed by atoms with Crippen LogP contribution < -0.4 is 10.1 Å². The van der Waals surface area contributed by atoms with E-state index in [1.165, 1.54) is 11.3 Å². The standard InChI is InChI=1S/C21H18ClN5O2S/c1-12-18(14-8-10-15(29-3)11-9-14)24-21(30-12)25-20(28)19-23-13(2)27(26-19)17-7-5-4-6-16(17)22/h4-11H,1-3H3,(H,24,25,28). The van der Waals surface area contributed by atoms with Gasteiger partial charge in [-0.25, -0.2) is 14.6 Å². The first-order valence-corrected chi connectivity index (χ1v) is 10.3. The quantitative estimate of drug-likeness (QED) is 0.477. The number of aromatic nitrogens is 4. The lowest BCUT2D eigenvalue weighted by atomic mass is 10.1. The van der Waals surface area contributed by atoms with Crippen molar-refractivity contribution in [3.63, 3.8) is 0 Å². The van der Waals surface area contributed by atoms with Gasteiger partial charge >= 0.3 is 0 Å². The molecule has 30 heavy (non-hydrogen) atoms. The topological polar surface area (TPSA) is 81.9 Å². The van der Waals surface area contributed by atoms with Crippen LogP contribution >= 0.6 is 22.9 Å². The molecule has 152 valence electrons. The van der Waals surface area contributed by atoms with Crippen LogP contribution in [0.25, 0.3) is 16.9 Å². The summed E-state index contributed by atoms with van der Waals surface area (Å²) in [5.41, 5.74) is 2.42. The average molecular weight is 440 g/mol. The van der Waals surface area contributed by atoms with Gasteiger partial charge in [-0.2, -0.15) is 0 Å². The number of hydrogen-bond donors (Lipinski definition) is 1. The number of thiazole rings is 1. The van der Waals surface area contributed by atoms with Crippen molar-refractivity contribution in [2.45, 2.75) is 13.8 Å². The van der Waals surface area contributed by atoms with Gasteiger partial charge in [-0.1, -0.05) is 23.7 Å². The van der Waals surface area contributed by atoms with E-state index >= 15 is 0 Å². The molecule has 0 unspecified atom stereocenters. The Hall–Kier alpha value is -3.23. The second kappa shape index (κ2) is 8.25. The SMILES string of the molecule is COc1ccc(-c2nc(NC(=O)c3nc(C)n(-c4ccccc4Cl)n3)sc2C)cc1. The highest BCUT2D eigenvalue weighted by Crippen LogP contribution is 2.31. The number of ether oxygens (including phenoxy) is 1. The van der Waals surface area contributed by atoms with E-state index in [0.717, 1.165) is 21.9 Å². The average Bonchev–Trinajstić information content (AvgIpc) is 3.31. The predicted molar refractivity (Wildman–Crippen MR) is 118 cm³/mol. The summed E-state index contributed by atoms with van der Waals surface area (Å²) in [6.45, 7) is 3.73. The normalized spacial score (nSPS) is 10.8. The minimum Gasteiger partial charge on any atom is -0.497 e. The molecule has 0 bridgehead atoms. The lowest BCUT2D eigenvalue weighted by Gasteiger charge is -2.04. The second-order valence-corrected chi connectivity index (χ2v) is 8.06. The van der Waals surface area contributed by atoms with E-state index in [-0.39, 0.29) is 5.82 Å². The number of aryl methyl sites for hydroxylation is 2. The van der Waals surface area contributed by atoms with Crippen molar-refractivity contribution < 1.29 is 9.53 Å². The van der Waals surface area contributed by atoms with Gasteiger partial charge in [0.25, 0.3) is 5.91 Å². The molecule has 2 aromatic heterocycles. The van der Waals surface area contributed by atoms with Crippen molar-refractivity contribution in [1.82, 2.24) is 19.7 Å². The number of nitrogens with one attached hydrogen (secondary N) is 1. The monoisotopic (exact) mass is 439 g/mol. The number of rotatable bonds is 5. The Morgan fingerprint density at radius 1 is 1.10 bits per heavy atom. The molecular weight excluding hydrogens is 422 g/mol. The number of para-hydroxylation sites is 1.